The minimum Gasteiger partial charge on any atom is -0.379 e. The Hall–Kier alpha value is -0.0400. The van der Waals surface area contributed by atoms with Gasteiger partial charge >= 0.3 is 6.18 Å². The summed E-state index contributed by atoms with van der Waals surface area (Å²) < 4.78 is 31.1. The summed E-state index contributed by atoms with van der Waals surface area (Å²) in [7, 11) is 0. The van der Waals surface area contributed by atoms with Gasteiger partial charge in [0, 0.05) is 0 Å². The van der Waals surface area contributed by atoms with Crippen molar-refractivity contribution in [3.05, 3.63) is 4.91 Å². The third kappa shape index (κ3) is 10.9. The first-order valence-corrected chi connectivity index (χ1v) is 3.03. The van der Waals surface area contributed by atoms with Gasteiger partial charge in [-0.1, -0.05) is 15.9 Å². The third-order valence-corrected chi connectivity index (χ3v) is 1.01. The van der Waals surface area contributed by atoms with Crippen molar-refractivity contribution < 1.29 is 18.4 Å². The van der Waals surface area contributed by atoms with Crippen LogP contribution in [-0.4, -0.2) is 15.7 Å². The summed E-state index contributed by atoms with van der Waals surface area (Å²) in [5.74, 6) is 0. The van der Waals surface area contributed by atoms with Crippen LogP contribution in [-0.2, 0) is 0 Å². The average Bonchev–Trinajstić information content (AvgIpc) is 1.64. The Labute approximate surface area is 67.2 Å². The van der Waals surface area contributed by atoms with Crippen LogP contribution in [0.1, 0.15) is 0 Å². The quantitative estimate of drug-likeness (QED) is 0.404. The van der Waals surface area contributed by atoms with Gasteiger partial charge in [0.2, 0.25) is 0 Å². The zero-order valence-corrected chi connectivity index (χ0v) is 6.61. The van der Waals surface area contributed by atoms with Crippen molar-refractivity contribution >= 4 is 27.5 Å². The first-order valence-electron chi connectivity index (χ1n) is 1.67. The normalized spacial score (nSPS) is 12.9. The summed E-state index contributed by atoms with van der Waals surface area (Å²) in [6.07, 6.45) is -4.32. The lowest BCUT2D eigenvalue weighted by Gasteiger charge is -2.03. The molecule has 0 aliphatic rings. The molecule has 0 saturated heterocycles. The summed E-state index contributed by atoms with van der Waals surface area (Å²) in [6, 6.07) is 0. The molecule has 62 valence electrons. The molecule has 0 amide bonds. The molecule has 0 bridgehead atoms. The molecule has 0 radical (unpaired) electrons. The maximum atomic E-state index is 11.0. The molecule has 0 spiro atoms. The molecular formula is C2H2BrClF3NO2. The maximum absolute atomic E-state index is 11.0. The second kappa shape index (κ2) is 5.72. The molecule has 0 aromatic carbocycles. The van der Waals surface area contributed by atoms with Crippen LogP contribution in [0.4, 0.5) is 13.2 Å². The fourth-order valence-corrected chi connectivity index (χ4v) is 0. The van der Waals surface area contributed by atoms with Gasteiger partial charge in [-0.05, 0) is 0 Å². The van der Waals surface area contributed by atoms with E-state index < -0.39 is 10.5 Å². The van der Waals surface area contributed by atoms with Gasteiger partial charge < -0.3 is 5.21 Å². The predicted molar refractivity (Wildman–Crippen MR) is 32.2 cm³/mol. The molecule has 1 atom stereocenters. The van der Waals surface area contributed by atoms with Gasteiger partial charge in [0.15, 0.2) is 9.63 Å². The lowest BCUT2D eigenvalue weighted by molar-refractivity contribution is -0.112. The van der Waals surface area contributed by atoms with Gasteiger partial charge in [0.25, 0.3) is 0 Å². The Kier molecular flexibility index (Phi) is 7.22. The van der Waals surface area contributed by atoms with Crippen LogP contribution in [0, 0.1) is 4.91 Å². The van der Waals surface area contributed by atoms with Gasteiger partial charge in [-0.2, -0.15) is 13.2 Å². The minimum atomic E-state index is -4.32. The molecule has 0 aromatic heterocycles. The Morgan fingerprint density at radius 2 is 1.70 bits per heavy atom. The average molecular weight is 244 g/mol. The molecular weight excluding hydrogens is 242 g/mol. The van der Waals surface area contributed by atoms with Crippen molar-refractivity contribution in [1.29, 1.82) is 0 Å². The Balaban J connectivity index is 0. The fourth-order valence-electron chi connectivity index (χ4n) is 0. The highest BCUT2D eigenvalue weighted by Crippen LogP contribution is 2.28. The number of hydrogen-bond donors (Lipinski definition) is 1. The van der Waals surface area contributed by atoms with Gasteiger partial charge in [-0.3, -0.25) is 0 Å². The van der Waals surface area contributed by atoms with E-state index in [2.05, 4.69) is 27.5 Å². The fraction of sp³-hybridized carbons (Fsp3) is 1.00. The van der Waals surface area contributed by atoms with E-state index in [0.29, 0.717) is 0 Å². The molecule has 1 N–H and O–H groups in total. The lowest BCUT2D eigenvalue weighted by atomic mass is 10.8. The van der Waals surface area contributed by atoms with Crippen molar-refractivity contribution in [3.8, 4) is 0 Å². The SMILES string of the molecule is FC(F)(F)C(Cl)Br.O=NO. The van der Waals surface area contributed by atoms with E-state index in [-0.39, 0.29) is 0 Å². The standard InChI is InChI=1S/C2HBrClF3.HNO2/c3-1(4)2(5,6)7;2-1-3/h1H;(H,2,3). The van der Waals surface area contributed by atoms with Crippen LogP contribution >= 0.6 is 27.5 Å². The molecule has 0 rings (SSSR count). The Bertz CT molecular complexity index is 97.0. The van der Waals surface area contributed by atoms with Crippen molar-refractivity contribution in [2.75, 3.05) is 0 Å². The van der Waals surface area contributed by atoms with E-state index in [1.54, 1.807) is 0 Å². The van der Waals surface area contributed by atoms with Gasteiger partial charge in [0.05, 0.1) is 0 Å². The van der Waals surface area contributed by atoms with Crippen molar-refractivity contribution in [2.24, 2.45) is 5.34 Å². The molecule has 0 saturated carbocycles. The summed E-state index contributed by atoms with van der Waals surface area (Å²) in [5.41, 5.74) is 0. The number of nitrogens with zero attached hydrogens (tertiary/aromatic N) is 1. The summed E-state index contributed by atoms with van der Waals surface area (Å²) in [6.45, 7) is 0. The second-order valence-corrected chi connectivity index (χ2v) is 2.80. The Morgan fingerprint density at radius 1 is 1.60 bits per heavy atom. The van der Waals surface area contributed by atoms with Crippen LogP contribution < -0.4 is 0 Å². The highest BCUT2D eigenvalue weighted by molar-refractivity contribution is 9.10. The Morgan fingerprint density at radius 3 is 1.70 bits per heavy atom. The maximum Gasteiger partial charge on any atom is 0.414 e. The molecule has 0 aliphatic heterocycles. The molecule has 1 unspecified atom stereocenters. The molecule has 0 heterocycles. The second-order valence-electron chi connectivity index (χ2n) is 0.924. The first kappa shape index (κ1) is 12.6. The van der Waals surface area contributed by atoms with E-state index in [0.717, 1.165) is 0 Å². The largest absolute Gasteiger partial charge is 0.414 e. The zero-order valence-electron chi connectivity index (χ0n) is 4.27. The van der Waals surface area contributed by atoms with Gasteiger partial charge in [0.1, 0.15) is 0 Å². The van der Waals surface area contributed by atoms with E-state index in [1.165, 1.54) is 5.34 Å². The smallest absolute Gasteiger partial charge is 0.379 e. The number of hydrogen-bond acceptors (Lipinski definition) is 2. The van der Waals surface area contributed by atoms with Gasteiger partial charge in [-0.25, -0.2) is 0 Å². The van der Waals surface area contributed by atoms with E-state index >= 15 is 0 Å². The number of alkyl halides is 5. The van der Waals surface area contributed by atoms with Gasteiger partial charge in [-0.15, -0.1) is 16.5 Å². The predicted octanol–water partition coefficient (Wildman–Crippen LogP) is 2.65. The summed E-state index contributed by atoms with van der Waals surface area (Å²) in [5, 5.41) is 7.89. The van der Waals surface area contributed by atoms with E-state index in [4.69, 9.17) is 10.1 Å². The monoisotopic (exact) mass is 243 g/mol. The van der Waals surface area contributed by atoms with Crippen molar-refractivity contribution in [1.82, 2.24) is 0 Å². The highest BCUT2D eigenvalue weighted by Gasteiger charge is 2.35. The van der Waals surface area contributed by atoms with Crippen LogP contribution in [0.5, 0.6) is 0 Å². The lowest BCUT2D eigenvalue weighted by Crippen LogP contribution is -2.16. The number of rotatable bonds is 0. The van der Waals surface area contributed by atoms with Crippen LogP contribution in [0.3, 0.4) is 0 Å². The van der Waals surface area contributed by atoms with Crippen LogP contribution in [0.25, 0.3) is 0 Å². The van der Waals surface area contributed by atoms with Crippen LogP contribution in [0.15, 0.2) is 5.34 Å². The highest BCUT2D eigenvalue weighted by atomic mass is 79.9. The topological polar surface area (TPSA) is 49.7 Å². The summed E-state index contributed by atoms with van der Waals surface area (Å²) in [4.78, 5) is 8.11. The van der Waals surface area contributed by atoms with Crippen molar-refractivity contribution in [3.63, 3.8) is 0 Å². The van der Waals surface area contributed by atoms with E-state index in [9.17, 15) is 13.2 Å². The molecule has 0 fully saturated rings. The summed E-state index contributed by atoms with van der Waals surface area (Å²) >= 11 is 6.68. The zero-order chi connectivity index (χ0) is 8.78. The van der Waals surface area contributed by atoms with Crippen LogP contribution in [0.2, 0.25) is 0 Å². The molecule has 8 heteroatoms. The molecule has 0 aromatic rings. The molecule has 10 heavy (non-hydrogen) atoms. The third-order valence-electron chi connectivity index (χ3n) is 0.247. The number of halogens is 5. The van der Waals surface area contributed by atoms with Crippen molar-refractivity contribution in [2.45, 2.75) is 10.5 Å². The molecule has 0 aliphatic carbocycles. The minimum absolute atomic E-state index is 1.25. The first-order chi connectivity index (χ1) is 4.36. The molecule has 3 nitrogen and oxygen atoms in total. The van der Waals surface area contributed by atoms with E-state index in [1.807, 2.05) is 0 Å².